The van der Waals surface area contributed by atoms with Crippen molar-refractivity contribution in [3.8, 4) is 0 Å². The third-order valence-electron chi connectivity index (χ3n) is 3.83. The fourth-order valence-corrected chi connectivity index (χ4v) is 3.92. The third-order valence-corrected chi connectivity index (χ3v) is 4.82. The zero-order valence-corrected chi connectivity index (χ0v) is 10.5. The van der Waals surface area contributed by atoms with Crippen molar-refractivity contribution < 1.29 is 0 Å². The lowest BCUT2D eigenvalue weighted by molar-refractivity contribution is 0.332. The summed E-state index contributed by atoms with van der Waals surface area (Å²) >= 11 is 1.94. The van der Waals surface area contributed by atoms with Gasteiger partial charge in [-0.3, -0.25) is 0 Å². The molecule has 1 aliphatic carbocycles. The number of hydrogen-bond acceptors (Lipinski definition) is 3. The van der Waals surface area contributed by atoms with E-state index >= 15 is 0 Å². The van der Waals surface area contributed by atoms with E-state index in [0.717, 1.165) is 6.04 Å². The molecular weight excluding hydrogens is 216 g/mol. The van der Waals surface area contributed by atoms with E-state index in [2.05, 4.69) is 22.1 Å². The summed E-state index contributed by atoms with van der Waals surface area (Å²) in [6.07, 6.45) is 6.56. The first kappa shape index (κ1) is 10.8. The molecule has 1 aliphatic heterocycles. The van der Waals surface area contributed by atoms with Crippen molar-refractivity contribution in [1.29, 1.82) is 0 Å². The fraction of sp³-hybridized carbons (Fsp3) is 0.692. The van der Waals surface area contributed by atoms with Crippen LogP contribution >= 0.6 is 11.3 Å². The van der Waals surface area contributed by atoms with Gasteiger partial charge < -0.3 is 10.6 Å². The Morgan fingerprint density at radius 2 is 2.12 bits per heavy atom. The van der Waals surface area contributed by atoms with Gasteiger partial charge in [0.05, 0.1) is 0 Å². The van der Waals surface area contributed by atoms with E-state index in [4.69, 9.17) is 0 Å². The molecule has 88 valence electrons. The van der Waals surface area contributed by atoms with E-state index in [9.17, 15) is 0 Å². The SMILES string of the molecule is c1cc2c(s1)CCCC2NC1CCNCC1. The highest BCUT2D eigenvalue weighted by Crippen LogP contribution is 2.33. The second kappa shape index (κ2) is 4.86. The van der Waals surface area contributed by atoms with Gasteiger partial charge in [0.2, 0.25) is 0 Å². The molecule has 3 heteroatoms. The molecule has 1 atom stereocenters. The van der Waals surface area contributed by atoms with Gasteiger partial charge in [-0.05, 0) is 62.2 Å². The fourth-order valence-electron chi connectivity index (χ4n) is 2.93. The Bertz CT molecular complexity index is 341. The van der Waals surface area contributed by atoms with Gasteiger partial charge in [-0.15, -0.1) is 11.3 Å². The molecule has 3 rings (SSSR count). The van der Waals surface area contributed by atoms with Crippen LogP contribution in [0.4, 0.5) is 0 Å². The molecule has 0 amide bonds. The predicted octanol–water partition coefficient (Wildman–Crippen LogP) is 2.47. The molecule has 1 unspecified atom stereocenters. The molecule has 2 heterocycles. The van der Waals surface area contributed by atoms with Gasteiger partial charge in [-0.1, -0.05) is 0 Å². The average Bonchev–Trinajstić information content (AvgIpc) is 2.80. The largest absolute Gasteiger partial charge is 0.317 e. The van der Waals surface area contributed by atoms with Crippen molar-refractivity contribution in [2.45, 2.75) is 44.2 Å². The van der Waals surface area contributed by atoms with E-state index in [-0.39, 0.29) is 0 Å². The second-order valence-corrected chi connectivity index (χ2v) is 5.94. The molecule has 0 radical (unpaired) electrons. The van der Waals surface area contributed by atoms with Crippen molar-refractivity contribution in [3.63, 3.8) is 0 Å². The minimum Gasteiger partial charge on any atom is -0.317 e. The summed E-state index contributed by atoms with van der Waals surface area (Å²) in [5.41, 5.74) is 1.59. The number of nitrogens with one attached hydrogen (secondary N) is 2. The Hall–Kier alpha value is -0.380. The van der Waals surface area contributed by atoms with Crippen molar-refractivity contribution >= 4 is 11.3 Å². The molecule has 1 saturated heterocycles. The number of thiophene rings is 1. The van der Waals surface area contributed by atoms with Crippen LogP contribution in [0.25, 0.3) is 0 Å². The summed E-state index contributed by atoms with van der Waals surface area (Å²) in [5.74, 6) is 0. The Balaban J connectivity index is 1.67. The van der Waals surface area contributed by atoms with Crippen molar-refractivity contribution in [1.82, 2.24) is 10.6 Å². The number of fused-ring (bicyclic) bond motifs is 1. The smallest absolute Gasteiger partial charge is 0.0333 e. The van der Waals surface area contributed by atoms with Crippen LogP contribution in [0.3, 0.4) is 0 Å². The molecule has 1 aromatic rings. The first-order valence-electron chi connectivity index (χ1n) is 6.46. The van der Waals surface area contributed by atoms with E-state index in [1.54, 1.807) is 10.4 Å². The zero-order valence-electron chi connectivity index (χ0n) is 9.67. The van der Waals surface area contributed by atoms with Crippen molar-refractivity contribution in [2.24, 2.45) is 0 Å². The molecule has 1 fully saturated rings. The molecule has 0 spiro atoms. The molecular formula is C13H20N2S. The number of rotatable bonds is 2. The summed E-state index contributed by atoms with van der Waals surface area (Å²) < 4.78 is 0. The van der Waals surface area contributed by atoms with Crippen molar-refractivity contribution in [3.05, 3.63) is 21.9 Å². The highest BCUT2D eigenvalue weighted by atomic mass is 32.1. The molecule has 16 heavy (non-hydrogen) atoms. The standard InChI is InChI=1S/C13H20N2S/c1-2-12(11-6-9-16-13(11)3-1)15-10-4-7-14-8-5-10/h6,9-10,12,14-15H,1-5,7-8H2. The summed E-state index contributed by atoms with van der Waals surface area (Å²) in [7, 11) is 0. The van der Waals surface area contributed by atoms with Crippen LogP contribution in [0.15, 0.2) is 11.4 Å². The van der Waals surface area contributed by atoms with E-state index in [0.29, 0.717) is 6.04 Å². The lowest BCUT2D eigenvalue weighted by Crippen LogP contribution is -2.42. The maximum absolute atomic E-state index is 3.87. The topological polar surface area (TPSA) is 24.1 Å². The van der Waals surface area contributed by atoms with E-state index < -0.39 is 0 Å². The number of hydrogen-bond donors (Lipinski definition) is 2. The Morgan fingerprint density at radius 3 is 3.00 bits per heavy atom. The van der Waals surface area contributed by atoms with Gasteiger partial charge in [0.1, 0.15) is 0 Å². The monoisotopic (exact) mass is 236 g/mol. The van der Waals surface area contributed by atoms with Gasteiger partial charge in [0, 0.05) is 17.0 Å². The lowest BCUT2D eigenvalue weighted by atomic mass is 9.92. The first-order valence-corrected chi connectivity index (χ1v) is 7.34. The minimum atomic E-state index is 0.637. The Labute approximate surface area is 101 Å². The maximum Gasteiger partial charge on any atom is 0.0333 e. The lowest BCUT2D eigenvalue weighted by Gasteiger charge is -2.31. The van der Waals surface area contributed by atoms with Crippen LogP contribution in [0.2, 0.25) is 0 Å². The maximum atomic E-state index is 3.87. The van der Waals surface area contributed by atoms with Gasteiger partial charge in [0.25, 0.3) is 0 Å². The number of aryl methyl sites for hydroxylation is 1. The zero-order chi connectivity index (χ0) is 10.8. The van der Waals surface area contributed by atoms with Gasteiger partial charge in [-0.25, -0.2) is 0 Å². The first-order chi connectivity index (χ1) is 7.93. The molecule has 0 bridgehead atoms. The van der Waals surface area contributed by atoms with Gasteiger partial charge in [0.15, 0.2) is 0 Å². The summed E-state index contributed by atoms with van der Waals surface area (Å²) in [4.78, 5) is 1.62. The van der Waals surface area contributed by atoms with Crippen LogP contribution in [0, 0.1) is 0 Å². The molecule has 2 aliphatic rings. The summed E-state index contributed by atoms with van der Waals surface area (Å²) in [6, 6.07) is 3.70. The predicted molar refractivity (Wildman–Crippen MR) is 69.0 cm³/mol. The van der Waals surface area contributed by atoms with Crippen LogP contribution < -0.4 is 10.6 Å². The minimum absolute atomic E-state index is 0.637. The quantitative estimate of drug-likeness (QED) is 0.824. The summed E-state index contributed by atoms with van der Waals surface area (Å²) in [5, 5.41) is 9.55. The highest BCUT2D eigenvalue weighted by Gasteiger charge is 2.24. The molecule has 0 saturated carbocycles. The van der Waals surface area contributed by atoms with Gasteiger partial charge in [-0.2, -0.15) is 0 Å². The highest BCUT2D eigenvalue weighted by molar-refractivity contribution is 7.10. The van der Waals surface area contributed by atoms with Crippen LogP contribution in [0.1, 0.15) is 42.2 Å². The van der Waals surface area contributed by atoms with Crippen LogP contribution in [-0.2, 0) is 6.42 Å². The Kier molecular flexibility index (Phi) is 3.27. The average molecular weight is 236 g/mol. The van der Waals surface area contributed by atoms with Gasteiger partial charge >= 0.3 is 0 Å². The van der Waals surface area contributed by atoms with E-state index in [1.165, 1.54) is 45.2 Å². The molecule has 0 aromatic carbocycles. The molecule has 2 N–H and O–H groups in total. The van der Waals surface area contributed by atoms with E-state index in [1.807, 2.05) is 11.3 Å². The normalized spacial score (nSPS) is 26.6. The summed E-state index contributed by atoms with van der Waals surface area (Å²) in [6.45, 7) is 2.36. The molecule has 1 aromatic heterocycles. The van der Waals surface area contributed by atoms with Crippen molar-refractivity contribution in [2.75, 3.05) is 13.1 Å². The third kappa shape index (κ3) is 2.17. The second-order valence-electron chi connectivity index (χ2n) is 4.93. The van der Waals surface area contributed by atoms with Crippen LogP contribution in [0.5, 0.6) is 0 Å². The van der Waals surface area contributed by atoms with Crippen LogP contribution in [-0.4, -0.2) is 19.1 Å². The Morgan fingerprint density at radius 1 is 1.25 bits per heavy atom. The molecule has 2 nitrogen and oxygen atoms in total. The number of piperidine rings is 1.